The third-order valence-corrected chi connectivity index (χ3v) is 4.39. The van der Waals surface area contributed by atoms with Crippen LogP contribution in [-0.2, 0) is 4.79 Å². The number of nitrogens with zero attached hydrogens (tertiary/aromatic N) is 1. The normalized spacial score (nSPS) is 20.9. The Bertz CT molecular complexity index is 449. The predicted octanol–water partition coefficient (Wildman–Crippen LogP) is 2.05. The topological polar surface area (TPSA) is 58.4 Å². The Hall–Kier alpha value is -0.910. The first kappa shape index (κ1) is 15.5. The molecule has 4 nitrogen and oxygen atoms in total. The van der Waals surface area contributed by atoms with Crippen molar-refractivity contribution in [3.8, 4) is 0 Å². The highest BCUT2D eigenvalue weighted by Crippen LogP contribution is 2.18. The summed E-state index contributed by atoms with van der Waals surface area (Å²) in [5.74, 6) is 0.0702. The van der Waals surface area contributed by atoms with Crippen molar-refractivity contribution in [1.29, 1.82) is 0 Å². The van der Waals surface area contributed by atoms with Gasteiger partial charge in [-0.25, -0.2) is 0 Å². The molecular weight excluding hydrogens is 318 g/mol. The van der Waals surface area contributed by atoms with Crippen molar-refractivity contribution in [1.82, 2.24) is 10.2 Å². The standard InChI is InChI=1S/C15H22BrN3O/c1-11(12-4-6-13(16)7-5-12)18-15(20)10-19-8-2-3-14(19)9-17/h4-7,11,14H,2-3,8-10,17H2,1H3,(H,18,20). The Kier molecular flexibility index (Phi) is 5.57. The van der Waals surface area contributed by atoms with E-state index in [0.29, 0.717) is 19.1 Å². The lowest BCUT2D eigenvalue weighted by Gasteiger charge is -2.23. The number of rotatable bonds is 5. The van der Waals surface area contributed by atoms with Crippen molar-refractivity contribution >= 4 is 21.8 Å². The molecule has 1 heterocycles. The summed E-state index contributed by atoms with van der Waals surface area (Å²) in [7, 11) is 0. The van der Waals surface area contributed by atoms with Crippen molar-refractivity contribution in [2.45, 2.75) is 31.8 Å². The van der Waals surface area contributed by atoms with E-state index < -0.39 is 0 Å². The largest absolute Gasteiger partial charge is 0.348 e. The molecule has 0 aromatic heterocycles. The highest BCUT2D eigenvalue weighted by atomic mass is 79.9. The smallest absolute Gasteiger partial charge is 0.234 e. The molecule has 1 aromatic carbocycles. The van der Waals surface area contributed by atoms with Crippen LogP contribution in [0.2, 0.25) is 0 Å². The number of hydrogen-bond donors (Lipinski definition) is 2. The molecule has 2 unspecified atom stereocenters. The summed E-state index contributed by atoms with van der Waals surface area (Å²) in [6.07, 6.45) is 2.24. The lowest BCUT2D eigenvalue weighted by molar-refractivity contribution is -0.123. The van der Waals surface area contributed by atoms with E-state index in [-0.39, 0.29) is 11.9 Å². The van der Waals surface area contributed by atoms with E-state index in [1.54, 1.807) is 0 Å². The summed E-state index contributed by atoms with van der Waals surface area (Å²) < 4.78 is 1.04. The number of carbonyl (C=O) groups is 1. The second kappa shape index (κ2) is 7.20. The van der Waals surface area contributed by atoms with Gasteiger partial charge in [-0.3, -0.25) is 9.69 Å². The maximum atomic E-state index is 12.1. The van der Waals surface area contributed by atoms with Crippen LogP contribution in [0.25, 0.3) is 0 Å². The monoisotopic (exact) mass is 339 g/mol. The first-order chi connectivity index (χ1) is 9.60. The molecule has 1 aliphatic rings. The van der Waals surface area contributed by atoms with Gasteiger partial charge < -0.3 is 11.1 Å². The van der Waals surface area contributed by atoms with E-state index in [0.717, 1.165) is 29.4 Å². The van der Waals surface area contributed by atoms with Gasteiger partial charge in [0.2, 0.25) is 5.91 Å². The number of benzene rings is 1. The number of halogens is 1. The molecule has 0 spiro atoms. The first-order valence-corrected chi connectivity index (χ1v) is 7.88. The van der Waals surface area contributed by atoms with E-state index >= 15 is 0 Å². The van der Waals surface area contributed by atoms with Crippen molar-refractivity contribution < 1.29 is 4.79 Å². The Morgan fingerprint density at radius 3 is 2.85 bits per heavy atom. The van der Waals surface area contributed by atoms with Crippen LogP contribution in [0.5, 0.6) is 0 Å². The van der Waals surface area contributed by atoms with Gasteiger partial charge in [0.25, 0.3) is 0 Å². The highest BCUT2D eigenvalue weighted by Gasteiger charge is 2.25. The molecule has 2 atom stereocenters. The van der Waals surface area contributed by atoms with Crippen LogP contribution < -0.4 is 11.1 Å². The van der Waals surface area contributed by atoms with Crippen LogP contribution in [0, 0.1) is 0 Å². The molecule has 2 rings (SSSR count). The summed E-state index contributed by atoms with van der Waals surface area (Å²) >= 11 is 3.41. The maximum absolute atomic E-state index is 12.1. The molecule has 1 aliphatic heterocycles. The zero-order valence-electron chi connectivity index (χ0n) is 11.8. The fraction of sp³-hybridized carbons (Fsp3) is 0.533. The number of amides is 1. The van der Waals surface area contributed by atoms with Gasteiger partial charge >= 0.3 is 0 Å². The molecule has 1 amide bonds. The summed E-state index contributed by atoms with van der Waals surface area (Å²) in [4.78, 5) is 14.3. The maximum Gasteiger partial charge on any atom is 0.234 e. The minimum Gasteiger partial charge on any atom is -0.348 e. The van der Waals surface area contributed by atoms with Gasteiger partial charge in [0.05, 0.1) is 12.6 Å². The molecule has 5 heteroatoms. The van der Waals surface area contributed by atoms with E-state index in [1.165, 1.54) is 0 Å². The molecule has 0 aliphatic carbocycles. The molecule has 0 saturated carbocycles. The Morgan fingerprint density at radius 1 is 1.50 bits per heavy atom. The summed E-state index contributed by atoms with van der Waals surface area (Å²) in [5, 5.41) is 3.05. The summed E-state index contributed by atoms with van der Waals surface area (Å²) in [5.41, 5.74) is 6.84. The predicted molar refractivity (Wildman–Crippen MR) is 84.3 cm³/mol. The molecule has 0 radical (unpaired) electrons. The fourth-order valence-electron chi connectivity index (χ4n) is 2.68. The minimum atomic E-state index is 0.0227. The average molecular weight is 340 g/mol. The van der Waals surface area contributed by atoms with Crippen LogP contribution >= 0.6 is 15.9 Å². The van der Waals surface area contributed by atoms with Crippen LogP contribution in [0.1, 0.15) is 31.4 Å². The zero-order chi connectivity index (χ0) is 14.5. The van der Waals surface area contributed by atoms with E-state index in [1.807, 2.05) is 31.2 Å². The molecule has 3 N–H and O–H groups in total. The molecule has 110 valence electrons. The first-order valence-electron chi connectivity index (χ1n) is 7.09. The molecule has 1 aromatic rings. The Balaban J connectivity index is 1.86. The fourth-order valence-corrected chi connectivity index (χ4v) is 2.94. The van der Waals surface area contributed by atoms with Crippen LogP contribution in [0.15, 0.2) is 28.7 Å². The minimum absolute atomic E-state index is 0.0227. The lowest BCUT2D eigenvalue weighted by atomic mass is 10.1. The number of hydrogen-bond acceptors (Lipinski definition) is 3. The van der Waals surface area contributed by atoms with Crippen molar-refractivity contribution in [2.24, 2.45) is 5.73 Å². The van der Waals surface area contributed by atoms with Gasteiger partial charge in [-0.1, -0.05) is 28.1 Å². The Morgan fingerprint density at radius 2 is 2.20 bits per heavy atom. The van der Waals surface area contributed by atoms with Crippen LogP contribution in [0.4, 0.5) is 0 Å². The quantitative estimate of drug-likeness (QED) is 0.863. The van der Waals surface area contributed by atoms with Gasteiger partial charge in [-0.05, 0) is 44.0 Å². The third-order valence-electron chi connectivity index (χ3n) is 3.87. The molecule has 0 bridgehead atoms. The number of nitrogens with two attached hydrogens (primary N) is 1. The zero-order valence-corrected chi connectivity index (χ0v) is 13.4. The highest BCUT2D eigenvalue weighted by molar-refractivity contribution is 9.10. The summed E-state index contributed by atoms with van der Waals surface area (Å²) in [6.45, 7) is 4.06. The van der Waals surface area contributed by atoms with Gasteiger partial charge in [-0.2, -0.15) is 0 Å². The molecule has 1 fully saturated rings. The van der Waals surface area contributed by atoms with E-state index in [4.69, 9.17) is 5.73 Å². The van der Waals surface area contributed by atoms with Gasteiger partial charge in [0.15, 0.2) is 0 Å². The molecule has 20 heavy (non-hydrogen) atoms. The number of carbonyl (C=O) groups excluding carboxylic acids is 1. The molecular formula is C15H22BrN3O. The van der Waals surface area contributed by atoms with Crippen molar-refractivity contribution in [3.63, 3.8) is 0 Å². The van der Waals surface area contributed by atoms with E-state index in [2.05, 4.69) is 26.1 Å². The lowest BCUT2D eigenvalue weighted by Crippen LogP contribution is -2.43. The van der Waals surface area contributed by atoms with Crippen molar-refractivity contribution in [3.05, 3.63) is 34.3 Å². The molecule has 1 saturated heterocycles. The average Bonchev–Trinajstić information content (AvgIpc) is 2.86. The second-order valence-electron chi connectivity index (χ2n) is 5.34. The van der Waals surface area contributed by atoms with Crippen LogP contribution in [-0.4, -0.2) is 36.5 Å². The Labute approximate surface area is 128 Å². The third kappa shape index (κ3) is 4.04. The SMILES string of the molecule is CC(NC(=O)CN1CCCC1CN)c1ccc(Br)cc1. The van der Waals surface area contributed by atoms with E-state index in [9.17, 15) is 4.79 Å². The summed E-state index contributed by atoms with van der Waals surface area (Å²) in [6, 6.07) is 8.41. The van der Waals surface area contributed by atoms with Gasteiger partial charge in [-0.15, -0.1) is 0 Å². The second-order valence-corrected chi connectivity index (χ2v) is 6.26. The van der Waals surface area contributed by atoms with Gasteiger partial charge in [0.1, 0.15) is 0 Å². The van der Waals surface area contributed by atoms with Crippen LogP contribution in [0.3, 0.4) is 0 Å². The number of nitrogens with one attached hydrogen (secondary N) is 1. The van der Waals surface area contributed by atoms with Crippen molar-refractivity contribution in [2.75, 3.05) is 19.6 Å². The number of likely N-dealkylation sites (tertiary alicyclic amines) is 1. The van der Waals surface area contributed by atoms with Gasteiger partial charge in [0, 0.05) is 17.1 Å².